The monoisotopic (exact) mass is 256 g/mol. The van der Waals surface area contributed by atoms with Crippen molar-refractivity contribution in [2.75, 3.05) is 13.7 Å². The number of aromatic amines is 1. The van der Waals surface area contributed by atoms with E-state index < -0.39 is 0 Å². The number of aromatic nitrogens is 1. The molecule has 1 N–H and O–H groups in total. The van der Waals surface area contributed by atoms with Crippen molar-refractivity contribution in [1.29, 1.82) is 0 Å². The molecule has 98 valence electrons. The number of methoxy groups -OCH3 is 1. The SMILES string of the molecule is COc1ccccc1C(=O)N1CCc2[nH]ccc2C1. The van der Waals surface area contributed by atoms with Gasteiger partial charge in [0.15, 0.2) is 0 Å². The van der Waals surface area contributed by atoms with Crippen LogP contribution in [0.4, 0.5) is 0 Å². The van der Waals surface area contributed by atoms with Crippen molar-refractivity contribution in [2.24, 2.45) is 0 Å². The summed E-state index contributed by atoms with van der Waals surface area (Å²) < 4.78 is 5.26. The predicted octanol–water partition coefficient (Wildman–Crippen LogP) is 2.22. The summed E-state index contributed by atoms with van der Waals surface area (Å²) in [5, 5.41) is 0. The van der Waals surface area contributed by atoms with E-state index in [2.05, 4.69) is 4.98 Å². The molecule has 1 aromatic heterocycles. The number of para-hydroxylation sites is 1. The summed E-state index contributed by atoms with van der Waals surface area (Å²) in [6, 6.07) is 9.40. The van der Waals surface area contributed by atoms with E-state index in [0.29, 0.717) is 17.9 Å². The fourth-order valence-corrected chi connectivity index (χ4v) is 2.51. The Morgan fingerprint density at radius 2 is 2.16 bits per heavy atom. The highest BCUT2D eigenvalue weighted by molar-refractivity contribution is 5.97. The second-order valence-corrected chi connectivity index (χ2v) is 4.66. The number of H-pyrrole nitrogens is 1. The summed E-state index contributed by atoms with van der Waals surface area (Å²) >= 11 is 0. The molecule has 4 heteroatoms. The lowest BCUT2D eigenvalue weighted by atomic mass is 10.1. The molecule has 1 aromatic carbocycles. The molecule has 2 aromatic rings. The number of carbonyl (C=O) groups excluding carboxylic acids is 1. The molecule has 0 fully saturated rings. The maximum absolute atomic E-state index is 12.5. The smallest absolute Gasteiger partial charge is 0.257 e. The Morgan fingerprint density at radius 3 is 3.00 bits per heavy atom. The quantitative estimate of drug-likeness (QED) is 0.895. The first-order chi connectivity index (χ1) is 9.29. The second kappa shape index (κ2) is 4.80. The minimum absolute atomic E-state index is 0.0318. The van der Waals surface area contributed by atoms with Crippen LogP contribution in [0.5, 0.6) is 5.75 Å². The van der Waals surface area contributed by atoms with Crippen LogP contribution in [0.3, 0.4) is 0 Å². The summed E-state index contributed by atoms with van der Waals surface area (Å²) in [7, 11) is 1.59. The first-order valence-electron chi connectivity index (χ1n) is 6.37. The van der Waals surface area contributed by atoms with Crippen LogP contribution in [-0.4, -0.2) is 29.4 Å². The van der Waals surface area contributed by atoms with E-state index in [1.165, 1.54) is 11.3 Å². The fraction of sp³-hybridized carbons (Fsp3) is 0.267. The van der Waals surface area contributed by atoms with Crippen LogP contribution in [0.1, 0.15) is 21.6 Å². The molecule has 0 atom stereocenters. The number of hydrogen-bond acceptors (Lipinski definition) is 2. The number of benzene rings is 1. The van der Waals surface area contributed by atoms with Crippen molar-refractivity contribution in [3.05, 3.63) is 53.3 Å². The number of nitrogens with one attached hydrogen (secondary N) is 1. The van der Waals surface area contributed by atoms with Gasteiger partial charge in [0.2, 0.25) is 0 Å². The van der Waals surface area contributed by atoms with E-state index in [0.717, 1.165) is 13.0 Å². The summed E-state index contributed by atoms with van der Waals surface area (Å²) in [6.07, 6.45) is 2.81. The third kappa shape index (κ3) is 2.10. The Hall–Kier alpha value is -2.23. The number of carbonyl (C=O) groups is 1. The lowest BCUT2D eigenvalue weighted by Crippen LogP contribution is -2.35. The third-order valence-electron chi connectivity index (χ3n) is 3.55. The molecule has 0 spiro atoms. The van der Waals surface area contributed by atoms with Crippen molar-refractivity contribution in [2.45, 2.75) is 13.0 Å². The Bertz CT molecular complexity index is 604. The van der Waals surface area contributed by atoms with Crippen molar-refractivity contribution in [1.82, 2.24) is 9.88 Å². The minimum atomic E-state index is 0.0318. The van der Waals surface area contributed by atoms with E-state index in [4.69, 9.17) is 4.74 Å². The highest BCUT2D eigenvalue weighted by Crippen LogP contribution is 2.23. The van der Waals surface area contributed by atoms with Gasteiger partial charge < -0.3 is 14.6 Å². The van der Waals surface area contributed by atoms with E-state index in [-0.39, 0.29) is 5.91 Å². The molecule has 0 aliphatic carbocycles. The van der Waals surface area contributed by atoms with Gasteiger partial charge in [0.1, 0.15) is 5.75 Å². The van der Waals surface area contributed by atoms with Crippen molar-refractivity contribution in [3.8, 4) is 5.75 Å². The Morgan fingerprint density at radius 1 is 1.32 bits per heavy atom. The predicted molar refractivity (Wildman–Crippen MR) is 72.2 cm³/mol. The molecule has 0 saturated carbocycles. The summed E-state index contributed by atoms with van der Waals surface area (Å²) in [6.45, 7) is 1.40. The van der Waals surface area contributed by atoms with Gasteiger partial charge >= 0.3 is 0 Å². The Labute approximate surface area is 112 Å². The average Bonchev–Trinajstić information content (AvgIpc) is 2.93. The van der Waals surface area contributed by atoms with Crippen molar-refractivity contribution in [3.63, 3.8) is 0 Å². The number of rotatable bonds is 2. The number of fused-ring (bicyclic) bond motifs is 1. The van der Waals surface area contributed by atoms with Crippen LogP contribution in [0.2, 0.25) is 0 Å². The van der Waals surface area contributed by atoms with Crippen LogP contribution < -0.4 is 4.74 Å². The van der Waals surface area contributed by atoms with E-state index >= 15 is 0 Å². The van der Waals surface area contributed by atoms with Crippen LogP contribution in [0.15, 0.2) is 36.5 Å². The molecule has 3 rings (SSSR count). The van der Waals surface area contributed by atoms with Crippen LogP contribution in [0, 0.1) is 0 Å². The molecule has 0 unspecified atom stereocenters. The standard InChI is InChI=1S/C15H16N2O2/c1-19-14-5-3-2-4-12(14)15(18)17-9-7-13-11(10-17)6-8-16-13/h2-6,8,16H,7,9-10H2,1H3. The summed E-state index contributed by atoms with van der Waals surface area (Å²) in [5.74, 6) is 0.664. The van der Waals surface area contributed by atoms with Crippen LogP contribution in [0.25, 0.3) is 0 Å². The molecular weight excluding hydrogens is 240 g/mol. The number of amides is 1. The molecule has 19 heavy (non-hydrogen) atoms. The van der Waals surface area contributed by atoms with Gasteiger partial charge in [0.25, 0.3) is 5.91 Å². The number of ether oxygens (including phenoxy) is 1. The molecule has 1 aliphatic heterocycles. The zero-order valence-electron chi connectivity index (χ0n) is 10.8. The Kier molecular flexibility index (Phi) is 2.99. The maximum Gasteiger partial charge on any atom is 0.257 e. The first kappa shape index (κ1) is 11.8. The molecule has 0 saturated heterocycles. The van der Waals surface area contributed by atoms with Gasteiger partial charge in [-0.25, -0.2) is 0 Å². The molecule has 4 nitrogen and oxygen atoms in total. The normalized spacial score (nSPS) is 14.1. The van der Waals surface area contributed by atoms with Gasteiger partial charge in [0, 0.05) is 31.4 Å². The van der Waals surface area contributed by atoms with Crippen LogP contribution in [-0.2, 0) is 13.0 Å². The topological polar surface area (TPSA) is 45.3 Å². The summed E-state index contributed by atoms with van der Waals surface area (Å²) in [4.78, 5) is 17.6. The molecule has 1 aliphatic rings. The zero-order valence-corrected chi connectivity index (χ0v) is 10.8. The molecule has 1 amide bonds. The van der Waals surface area contributed by atoms with Crippen molar-refractivity contribution >= 4 is 5.91 Å². The van der Waals surface area contributed by atoms with Crippen LogP contribution >= 0.6 is 0 Å². The number of nitrogens with zero attached hydrogens (tertiary/aromatic N) is 1. The highest BCUT2D eigenvalue weighted by Gasteiger charge is 2.24. The van der Waals surface area contributed by atoms with Gasteiger partial charge in [0.05, 0.1) is 12.7 Å². The molecule has 2 heterocycles. The first-order valence-corrected chi connectivity index (χ1v) is 6.37. The number of hydrogen-bond donors (Lipinski definition) is 1. The highest BCUT2D eigenvalue weighted by atomic mass is 16.5. The third-order valence-corrected chi connectivity index (χ3v) is 3.55. The maximum atomic E-state index is 12.5. The van der Waals surface area contributed by atoms with Gasteiger partial charge in [-0.05, 0) is 23.8 Å². The lowest BCUT2D eigenvalue weighted by molar-refractivity contribution is 0.0731. The molecular formula is C15H16N2O2. The van der Waals surface area contributed by atoms with E-state index in [9.17, 15) is 4.79 Å². The lowest BCUT2D eigenvalue weighted by Gasteiger charge is -2.27. The van der Waals surface area contributed by atoms with Gasteiger partial charge in [-0.1, -0.05) is 12.1 Å². The fourth-order valence-electron chi connectivity index (χ4n) is 2.51. The Balaban J connectivity index is 1.85. The largest absolute Gasteiger partial charge is 0.496 e. The van der Waals surface area contributed by atoms with Gasteiger partial charge in [-0.3, -0.25) is 4.79 Å². The second-order valence-electron chi connectivity index (χ2n) is 4.66. The molecule has 0 radical (unpaired) electrons. The summed E-state index contributed by atoms with van der Waals surface area (Å²) in [5.41, 5.74) is 3.07. The molecule has 0 bridgehead atoms. The zero-order chi connectivity index (χ0) is 13.2. The van der Waals surface area contributed by atoms with E-state index in [1.54, 1.807) is 7.11 Å². The average molecular weight is 256 g/mol. The van der Waals surface area contributed by atoms with Gasteiger partial charge in [-0.2, -0.15) is 0 Å². The minimum Gasteiger partial charge on any atom is -0.496 e. The van der Waals surface area contributed by atoms with Crippen molar-refractivity contribution < 1.29 is 9.53 Å². The van der Waals surface area contributed by atoms with E-state index in [1.807, 2.05) is 41.4 Å². The van der Waals surface area contributed by atoms with Gasteiger partial charge in [-0.15, -0.1) is 0 Å².